The average Bonchev–Trinajstić information content (AvgIpc) is 3.42. The van der Waals surface area contributed by atoms with Crippen molar-refractivity contribution in [2.75, 3.05) is 25.3 Å². The number of hydrogen-bond donors (Lipinski definition) is 2. The molecule has 1 aromatic carbocycles. The van der Waals surface area contributed by atoms with Crippen LogP contribution < -0.4 is 16.6 Å². The molecule has 0 bridgehead atoms. The predicted molar refractivity (Wildman–Crippen MR) is 129 cm³/mol. The van der Waals surface area contributed by atoms with Gasteiger partial charge in [-0.2, -0.15) is 0 Å². The Bertz CT molecular complexity index is 1200. The number of hydrogen-bond acceptors (Lipinski definition) is 7. The van der Waals surface area contributed by atoms with E-state index in [1.165, 1.54) is 5.57 Å². The summed E-state index contributed by atoms with van der Waals surface area (Å²) >= 11 is 6.29. The second-order valence-electron chi connectivity index (χ2n) is 8.36. The smallest absolute Gasteiger partial charge is 0.237 e. The Hall–Kier alpha value is -3.07. The van der Waals surface area contributed by atoms with E-state index in [0.29, 0.717) is 41.0 Å². The van der Waals surface area contributed by atoms with Crippen LogP contribution in [0.15, 0.2) is 64.7 Å². The highest BCUT2D eigenvalue weighted by Gasteiger charge is 2.31. The lowest BCUT2D eigenvalue weighted by Crippen LogP contribution is -2.34. The highest BCUT2D eigenvalue weighted by atomic mass is 35.5. The molecule has 4 N–H and O–H groups in total. The minimum Gasteiger partial charge on any atom is -0.474 e. The number of methoxy groups -OCH3 is 1. The van der Waals surface area contributed by atoms with Gasteiger partial charge in [-0.15, -0.1) is 0 Å². The Morgan fingerprint density at radius 2 is 2.18 bits per heavy atom. The summed E-state index contributed by atoms with van der Waals surface area (Å²) in [6, 6.07) is 5.64. The molecule has 0 saturated carbocycles. The van der Waals surface area contributed by atoms with Gasteiger partial charge in [-0.25, -0.2) is 15.8 Å². The predicted octanol–water partition coefficient (Wildman–Crippen LogP) is 3.39. The summed E-state index contributed by atoms with van der Waals surface area (Å²) in [6.45, 7) is 0.793. The van der Waals surface area contributed by atoms with Crippen LogP contribution in [0.1, 0.15) is 30.7 Å². The van der Waals surface area contributed by atoms with Crippen molar-refractivity contribution in [3.8, 4) is 5.69 Å². The number of anilines is 1. The van der Waals surface area contributed by atoms with E-state index < -0.39 is 0 Å². The largest absolute Gasteiger partial charge is 0.474 e. The van der Waals surface area contributed by atoms with Gasteiger partial charge in [0.25, 0.3) is 0 Å². The topological polar surface area (TPSA) is 104 Å². The molecule has 0 spiro atoms. The second-order valence-corrected chi connectivity index (χ2v) is 8.79. The van der Waals surface area contributed by atoms with Gasteiger partial charge in [0.15, 0.2) is 0 Å². The van der Waals surface area contributed by atoms with E-state index in [1.807, 2.05) is 22.8 Å². The van der Waals surface area contributed by atoms with Crippen molar-refractivity contribution < 1.29 is 9.47 Å². The Balaban J connectivity index is 1.55. The summed E-state index contributed by atoms with van der Waals surface area (Å²) in [6.07, 6.45) is 11.9. The molecule has 0 fully saturated rings. The van der Waals surface area contributed by atoms with E-state index in [0.717, 1.165) is 36.3 Å². The number of aromatic nitrogens is 2. The molecule has 3 heterocycles. The summed E-state index contributed by atoms with van der Waals surface area (Å²) in [5.74, 6) is 7.09. The van der Waals surface area contributed by atoms with Crippen molar-refractivity contribution in [3.05, 3.63) is 76.1 Å². The molecule has 5 rings (SSSR count). The maximum absolute atomic E-state index is 6.53. The minimum atomic E-state index is 0.0720. The lowest BCUT2D eigenvalue weighted by atomic mass is 10.0. The molecular weight excluding hydrogens is 440 g/mol. The fourth-order valence-electron chi connectivity index (χ4n) is 4.46. The fourth-order valence-corrected chi connectivity index (χ4v) is 4.63. The first-order valence-corrected chi connectivity index (χ1v) is 11.4. The van der Waals surface area contributed by atoms with Crippen LogP contribution in [0.4, 0.5) is 5.69 Å². The lowest BCUT2D eigenvalue weighted by Gasteiger charge is -2.23. The number of nitrogens with two attached hydrogens (primary N) is 2. The maximum atomic E-state index is 6.53. The standard InChI is InChI=1S/C24H27ClN6O2/c1-32-13-18(26)20-11-22-23(24-29-17(12-33-24)9-15-5-3-2-4-6-15)28-14-30(22)19-8-7-16(25)10-21(19)31(20)27/h3,5-8,10,14,17H,2,4,9,11-13,26-27H2,1H3/b20-18-/t17-/m0/s1. The van der Waals surface area contributed by atoms with E-state index >= 15 is 0 Å². The van der Waals surface area contributed by atoms with Gasteiger partial charge in [0.1, 0.15) is 18.6 Å². The van der Waals surface area contributed by atoms with E-state index in [1.54, 1.807) is 18.4 Å². The SMILES string of the molecule is COC/C(N)=C1\Cc2c(C3=N[C@@H](CC4=CCCC=C4)CO3)ncn2-c2ccc(Cl)cc2N1N. The molecule has 8 nitrogen and oxygen atoms in total. The van der Waals surface area contributed by atoms with Crippen LogP contribution >= 0.6 is 11.6 Å². The zero-order chi connectivity index (χ0) is 22.9. The third-order valence-electron chi connectivity index (χ3n) is 6.08. The number of halogens is 1. The summed E-state index contributed by atoms with van der Waals surface area (Å²) in [5, 5.41) is 2.16. The first-order chi connectivity index (χ1) is 16.0. The zero-order valence-corrected chi connectivity index (χ0v) is 19.3. The van der Waals surface area contributed by atoms with Crippen LogP contribution in [0.3, 0.4) is 0 Å². The number of aliphatic imine (C=N–C) groups is 1. The molecule has 0 unspecified atom stereocenters. The number of ether oxygens (including phenoxy) is 2. The molecule has 172 valence electrons. The van der Waals surface area contributed by atoms with Crippen molar-refractivity contribution >= 4 is 23.2 Å². The van der Waals surface area contributed by atoms with Crippen molar-refractivity contribution in [2.45, 2.75) is 31.7 Å². The van der Waals surface area contributed by atoms with Crippen LogP contribution in [-0.2, 0) is 15.9 Å². The molecule has 1 atom stereocenters. The first kappa shape index (κ1) is 21.8. The highest BCUT2D eigenvalue weighted by molar-refractivity contribution is 6.31. The van der Waals surface area contributed by atoms with Gasteiger partial charge < -0.3 is 15.2 Å². The Morgan fingerprint density at radius 3 is 2.97 bits per heavy atom. The van der Waals surface area contributed by atoms with Crippen molar-refractivity contribution in [1.82, 2.24) is 9.55 Å². The van der Waals surface area contributed by atoms with E-state index in [2.05, 4.69) is 23.2 Å². The molecule has 3 aliphatic rings. The van der Waals surface area contributed by atoms with Crippen LogP contribution in [0.25, 0.3) is 5.69 Å². The monoisotopic (exact) mass is 466 g/mol. The molecule has 0 saturated heterocycles. The number of imidazole rings is 1. The molecule has 33 heavy (non-hydrogen) atoms. The third-order valence-corrected chi connectivity index (χ3v) is 6.31. The highest BCUT2D eigenvalue weighted by Crippen LogP contribution is 2.35. The zero-order valence-electron chi connectivity index (χ0n) is 18.5. The molecule has 9 heteroatoms. The number of allylic oxidation sites excluding steroid dienone is 4. The van der Waals surface area contributed by atoms with E-state index in [9.17, 15) is 0 Å². The summed E-state index contributed by atoms with van der Waals surface area (Å²) in [7, 11) is 1.60. The summed E-state index contributed by atoms with van der Waals surface area (Å²) < 4.78 is 13.3. The van der Waals surface area contributed by atoms with E-state index in [-0.39, 0.29) is 12.6 Å². The fraction of sp³-hybridized carbons (Fsp3) is 0.333. The average molecular weight is 467 g/mol. The first-order valence-electron chi connectivity index (χ1n) is 11.0. The number of benzene rings is 1. The van der Waals surface area contributed by atoms with Crippen molar-refractivity contribution in [2.24, 2.45) is 16.6 Å². The van der Waals surface area contributed by atoms with Crippen LogP contribution in [0.2, 0.25) is 5.02 Å². The lowest BCUT2D eigenvalue weighted by molar-refractivity contribution is 0.223. The quantitative estimate of drug-likeness (QED) is 0.654. The van der Waals surface area contributed by atoms with Crippen molar-refractivity contribution in [1.29, 1.82) is 0 Å². The molecular formula is C24H27ClN6O2. The Labute approximate surface area is 197 Å². The minimum absolute atomic E-state index is 0.0720. The molecule has 0 radical (unpaired) electrons. The number of fused-ring (bicyclic) bond motifs is 3. The number of nitrogens with zero attached hydrogens (tertiary/aromatic N) is 4. The van der Waals surface area contributed by atoms with Gasteiger partial charge in [0.2, 0.25) is 5.90 Å². The normalized spacial score (nSPS) is 21.1. The van der Waals surface area contributed by atoms with Gasteiger partial charge in [0, 0.05) is 18.6 Å². The molecule has 2 aromatic rings. The van der Waals surface area contributed by atoms with Gasteiger partial charge in [-0.05, 0) is 37.5 Å². The summed E-state index contributed by atoms with van der Waals surface area (Å²) in [5.41, 5.74) is 12.1. The number of hydrazine groups is 1. The van der Waals surface area contributed by atoms with Gasteiger partial charge >= 0.3 is 0 Å². The molecule has 2 aliphatic heterocycles. The molecule has 1 aromatic heterocycles. The molecule has 1 aliphatic carbocycles. The second kappa shape index (κ2) is 9.05. The van der Waals surface area contributed by atoms with Crippen LogP contribution in [0, 0.1) is 0 Å². The summed E-state index contributed by atoms with van der Waals surface area (Å²) in [4.78, 5) is 9.55. The van der Waals surface area contributed by atoms with Gasteiger partial charge in [-0.3, -0.25) is 9.58 Å². The molecule has 0 amide bonds. The van der Waals surface area contributed by atoms with Crippen molar-refractivity contribution in [3.63, 3.8) is 0 Å². The van der Waals surface area contributed by atoms with E-state index in [4.69, 9.17) is 37.6 Å². The third kappa shape index (κ3) is 4.17. The van der Waals surface area contributed by atoms with Crippen LogP contribution in [-0.4, -0.2) is 41.8 Å². The van der Waals surface area contributed by atoms with Crippen LogP contribution in [0.5, 0.6) is 0 Å². The Morgan fingerprint density at radius 1 is 1.30 bits per heavy atom. The Kier molecular flexibility index (Phi) is 5.97. The maximum Gasteiger partial charge on any atom is 0.237 e. The van der Waals surface area contributed by atoms with Gasteiger partial charge in [0.05, 0.1) is 41.1 Å². The van der Waals surface area contributed by atoms with Gasteiger partial charge in [-0.1, -0.05) is 35.4 Å². The number of rotatable bonds is 5.